The molecule has 1 aliphatic rings. The zero-order chi connectivity index (χ0) is 30.1. The van der Waals surface area contributed by atoms with Crippen molar-refractivity contribution in [2.75, 3.05) is 24.1 Å². The van der Waals surface area contributed by atoms with Crippen LogP contribution in [-0.4, -0.2) is 39.9 Å². The van der Waals surface area contributed by atoms with Crippen LogP contribution < -0.4 is 26.4 Å². The van der Waals surface area contributed by atoms with E-state index in [1.807, 2.05) is 0 Å². The first-order chi connectivity index (χ1) is 19.3. The number of rotatable bonds is 4. The van der Waals surface area contributed by atoms with Crippen LogP contribution in [0.3, 0.4) is 0 Å². The molecular formula is C27H30F5N7O2. The minimum atomic E-state index is -5.08. The molecule has 4 rings (SSSR count). The van der Waals surface area contributed by atoms with Crippen LogP contribution in [0.5, 0.6) is 5.88 Å². The molecule has 14 heteroatoms. The Labute approximate surface area is 233 Å². The Balaban J connectivity index is 2.00. The molecule has 2 aromatic heterocycles. The van der Waals surface area contributed by atoms with Gasteiger partial charge in [-0.15, -0.1) is 0 Å². The van der Waals surface area contributed by atoms with Gasteiger partial charge in [0.25, 0.3) is 5.91 Å². The number of nitrogens with one attached hydrogen (secondary N) is 3. The summed E-state index contributed by atoms with van der Waals surface area (Å²) in [5.74, 6) is -3.72. The van der Waals surface area contributed by atoms with Crippen LogP contribution in [-0.2, 0) is 19.8 Å². The molecule has 41 heavy (non-hydrogen) atoms. The molecule has 0 saturated carbocycles. The van der Waals surface area contributed by atoms with Crippen molar-refractivity contribution in [3.63, 3.8) is 0 Å². The lowest BCUT2D eigenvalue weighted by molar-refractivity contribution is -0.137. The van der Waals surface area contributed by atoms with Gasteiger partial charge in [-0.3, -0.25) is 9.48 Å². The van der Waals surface area contributed by atoms with Crippen molar-refractivity contribution in [1.29, 1.82) is 0 Å². The third kappa shape index (κ3) is 6.20. The van der Waals surface area contributed by atoms with Crippen molar-refractivity contribution in [2.24, 2.45) is 7.05 Å². The summed E-state index contributed by atoms with van der Waals surface area (Å²) in [5, 5.41) is 12.9. The number of carbonyl (C=O) groups excluding carboxylic acids is 1. The monoisotopic (exact) mass is 579 g/mol. The molecule has 5 N–H and O–H groups in total. The van der Waals surface area contributed by atoms with Gasteiger partial charge >= 0.3 is 6.18 Å². The fourth-order valence-corrected chi connectivity index (χ4v) is 4.51. The molecule has 0 aliphatic carbocycles. The van der Waals surface area contributed by atoms with Crippen molar-refractivity contribution >= 4 is 17.3 Å². The van der Waals surface area contributed by atoms with E-state index in [0.29, 0.717) is 30.4 Å². The third-order valence-electron chi connectivity index (χ3n) is 6.62. The van der Waals surface area contributed by atoms with Crippen LogP contribution in [0.25, 0.3) is 11.3 Å². The van der Waals surface area contributed by atoms with Crippen molar-refractivity contribution in [3.8, 4) is 17.1 Å². The number of benzene rings is 1. The summed E-state index contributed by atoms with van der Waals surface area (Å²) in [7, 11) is 1.68. The highest BCUT2D eigenvalue weighted by molar-refractivity contribution is 6.03. The van der Waals surface area contributed by atoms with Crippen LogP contribution in [0.15, 0.2) is 30.1 Å². The first-order valence-electron chi connectivity index (χ1n) is 12.8. The minimum absolute atomic E-state index is 0.0676. The van der Waals surface area contributed by atoms with E-state index in [4.69, 9.17) is 10.5 Å². The largest absolute Gasteiger partial charge is 0.474 e. The summed E-state index contributed by atoms with van der Waals surface area (Å²) in [6.07, 6.45) is -1.82. The Hall–Kier alpha value is -4.36. The van der Waals surface area contributed by atoms with Crippen LogP contribution in [0, 0.1) is 18.6 Å². The molecule has 1 atom stereocenters. The molecule has 0 radical (unpaired) electrons. The Kier molecular flexibility index (Phi) is 8.40. The fourth-order valence-electron chi connectivity index (χ4n) is 4.51. The molecule has 1 amide bonds. The second-order valence-electron chi connectivity index (χ2n) is 9.63. The summed E-state index contributed by atoms with van der Waals surface area (Å²) in [6.45, 7) is 4.80. The molecular weight excluding hydrogens is 549 g/mol. The first-order valence-corrected chi connectivity index (χ1v) is 12.8. The maximum Gasteiger partial charge on any atom is 0.417 e. The molecule has 0 spiro atoms. The molecule has 3 aromatic rings. The number of halogens is 5. The summed E-state index contributed by atoms with van der Waals surface area (Å²) >= 11 is 0. The molecule has 0 fully saturated rings. The average Bonchev–Trinajstić information content (AvgIpc) is 3.31. The predicted octanol–water partition coefficient (Wildman–Crippen LogP) is 4.68. The highest BCUT2D eigenvalue weighted by Gasteiger charge is 2.39. The number of aromatic nitrogens is 3. The smallest absolute Gasteiger partial charge is 0.417 e. The standard InChI is InChI=1S/C27H30F5N7O2/c1-5-15-11-36-25(40)19-24(35-12-16-7-9-39(4)38-16)22(29)23(37-26(19)41-13(2)6-8-34-15)17-10-18(33)21(28)14(3)20(17)27(30,31)32/h5,7,9-10,13,34H,6,8,11-12,33H2,1-4H3,(H,35,37)(H,36,40)/b15-5-/t13-/m0/s1. The summed E-state index contributed by atoms with van der Waals surface area (Å²) in [6, 6.07) is 2.33. The second-order valence-corrected chi connectivity index (χ2v) is 9.63. The molecule has 0 saturated heterocycles. The number of hydrogen-bond acceptors (Lipinski definition) is 7. The maximum absolute atomic E-state index is 16.4. The summed E-state index contributed by atoms with van der Waals surface area (Å²) in [4.78, 5) is 17.6. The highest BCUT2D eigenvalue weighted by atomic mass is 19.4. The van der Waals surface area contributed by atoms with Gasteiger partial charge in [0.15, 0.2) is 5.82 Å². The Morgan fingerprint density at radius 1 is 1.27 bits per heavy atom. The van der Waals surface area contributed by atoms with E-state index in [-0.39, 0.29) is 18.7 Å². The van der Waals surface area contributed by atoms with Gasteiger partial charge in [-0.25, -0.2) is 13.8 Å². The second kappa shape index (κ2) is 11.6. The summed E-state index contributed by atoms with van der Waals surface area (Å²) < 4.78 is 81.0. The van der Waals surface area contributed by atoms with E-state index in [1.54, 1.807) is 39.2 Å². The number of hydrogen-bond donors (Lipinski definition) is 4. The van der Waals surface area contributed by atoms with Crippen LogP contribution in [0.2, 0.25) is 0 Å². The van der Waals surface area contributed by atoms with E-state index < -0.39 is 69.5 Å². The Bertz CT molecular complexity index is 1500. The van der Waals surface area contributed by atoms with Crippen LogP contribution in [0.4, 0.5) is 33.3 Å². The van der Waals surface area contributed by atoms with Crippen molar-refractivity contribution in [2.45, 2.75) is 46.0 Å². The average molecular weight is 580 g/mol. The zero-order valence-electron chi connectivity index (χ0n) is 22.8. The van der Waals surface area contributed by atoms with Gasteiger partial charge in [0.1, 0.15) is 17.1 Å². The van der Waals surface area contributed by atoms with Crippen LogP contribution >= 0.6 is 0 Å². The lowest BCUT2D eigenvalue weighted by Crippen LogP contribution is -2.31. The quantitative estimate of drug-likeness (QED) is 0.262. The fraction of sp³-hybridized carbons (Fsp3) is 0.370. The number of pyridine rings is 1. The number of nitrogens with two attached hydrogens (primary N) is 1. The van der Waals surface area contributed by atoms with Gasteiger partial charge in [0.2, 0.25) is 5.88 Å². The van der Waals surface area contributed by atoms with E-state index in [2.05, 4.69) is 26.0 Å². The van der Waals surface area contributed by atoms with Gasteiger partial charge in [-0.2, -0.15) is 18.3 Å². The predicted molar refractivity (Wildman–Crippen MR) is 143 cm³/mol. The number of nitrogen functional groups attached to an aromatic ring is 1. The lowest BCUT2D eigenvalue weighted by atomic mass is 9.95. The molecule has 1 aliphatic heterocycles. The summed E-state index contributed by atoms with van der Waals surface area (Å²) in [5.41, 5.74) is 1.57. The van der Waals surface area contributed by atoms with Gasteiger partial charge in [0.05, 0.1) is 41.8 Å². The molecule has 0 unspecified atom stereocenters. The van der Waals surface area contributed by atoms with Crippen molar-refractivity contribution in [3.05, 3.63) is 64.1 Å². The number of nitrogens with zero attached hydrogens (tertiary/aromatic N) is 3. The van der Waals surface area contributed by atoms with E-state index in [9.17, 15) is 22.4 Å². The maximum atomic E-state index is 16.4. The lowest BCUT2D eigenvalue weighted by Gasteiger charge is -2.22. The minimum Gasteiger partial charge on any atom is -0.474 e. The molecule has 0 bridgehead atoms. The first kappa shape index (κ1) is 29.6. The van der Waals surface area contributed by atoms with Crippen molar-refractivity contribution in [1.82, 2.24) is 25.4 Å². The topological polar surface area (TPSA) is 119 Å². The number of ether oxygens (including phenoxy) is 1. The molecule has 3 heterocycles. The molecule has 220 valence electrons. The third-order valence-corrected chi connectivity index (χ3v) is 6.62. The molecule has 1 aromatic carbocycles. The van der Waals surface area contributed by atoms with E-state index in [0.717, 1.165) is 6.92 Å². The van der Waals surface area contributed by atoms with Gasteiger partial charge in [-0.1, -0.05) is 6.08 Å². The number of aryl methyl sites for hydroxylation is 1. The normalized spacial score (nSPS) is 17.2. The van der Waals surface area contributed by atoms with Crippen molar-refractivity contribution < 1.29 is 31.5 Å². The number of amides is 1. The number of allylic oxidation sites excluding steroid dienone is 1. The SMILES string of the molecule is C/C=C1/CNC(=O)c2c(nc(-c3cc(N)c(F)c(C)c3C(F)(F)F)c(F)c2NCc2ccn(C)n2)O[C@@H](C)CCN1. The van der Waals surface area contributed by atoms with Gasteiger partial charge < -0.3 is 26.4 Å². The number of anilines is 2. The van der Waals surface area contributed by atoms with Gasteiger partial charge in [-0.05, 0) is 38.5 Å². The Morgan fingerprint density at radius 2 is 2.00 bits per heavy atom. The van der Waals surface area contributed by atoms with E-state index >= 15 is 4.39 Å². The van der Waals surface area contributed by atoms with Gasteiger partial charge in [0, 0.05) is 37.5 Å². The number of carbonyl (C=O) groups is 1. The van der Waals surface area contributed by atoms with E-state index in [1.165, 1.54) is 4.68 Å². The number of fused-ring (bicyclic) bond motifs is 1. The Morgan fingerprint density at radius 3 is 2.63 bits per heavy atom. The highest BCUT2D eigenvalue weighted by Crippen LogP contribution is 2.44. The molecule has 9 nitrogen and oxygen atoms in total. The zero-order valence-corrected chi connectivity index (χ0v) is 22.8. The number of alkyl halides is 3. The van der Waals surface area contributed by atoms with Crippen LogP contribution in [0.1, 0.15) is 47.4 Å².